The van der Waals surface area contributed by atoms with Crippen LogP contribution in [0.3, 0.4) is 0 Å². The van der Waals surface area contributed by atoms with E-state index in [1.165, 1.54) is 6.07 Å². The summed E-state index contributed by atoms with van der Waals surface area (Å²) in [6.07, 6.45) is 1.05. The molecule has 1 nitrogen and oxygen atoms in total. The molecule has 0 aliphatic carbocycles. The van der Waals surface area contributed by atoms with Crippen LogP contribution in [0.4, 0.5) is 10.1 Å². The van der Waals surface area contributed by atoms with Crippen LogP contribution in [0.15, 0.2) is 59.5 Å². The molecule has 3 heteroatoms. The number of nitrogens with one attached hydrogen (secondary N) is 1. The molecule has 0 heterocycles. The number of thioether (sulfide) groups is 1. The van der Waals surface area contributed by atoms with Gasteiger partial charge in [-0.05, 0) is 42.5 Å². The summed E-state index contributed by atoms with van der Waals surface area (Å²) in [6.45, 7) is 0.937. The van der Waals surface area contributed by atoms with E-state index in [0.29, 0.717) is 0 Å². The minimum atomic E-state index is -0.164. The number of benzene rings is 2. The van der Waals surface area contributed by atoms with Crippen LogP contribution in [0.2, 0.25) is 0 Å². The SMILES string of the molecule is Fc1cccc(SCCCNc2ccccc2)c1. The fraction of sp³-hybridized carbons (Fsp3) is 0.200. The van der Waals surface area contributed by atoms with Crippen molar-refractivity contribution in [2.75, 3.05) is 17.6 Å². The highest BCUT2D eigenvalue weighted by Crippen LogP contribution is 2.19. The predicted molar refractivity (Wildman–Crippen MR) is 76.7 cm³/mol. The number of para-hydroxylation sites is 1. The summed E-state index contributed by atoms with van der Waals surface area (Å²) < 4.78 is 12.9. The molecule has 0 radical (unpaired) electrons. The van der Waals surface area contributed by atoms with Crippen molar-refractivity contribution in [1.29, 1.82) is 0 Å². The average molecular weight is 261 g/mol. The maximum atomic E-state index is 12.9. The van der Waals surface area contributed by atoms with Crippen molar-refractivity contribution in [2.24, 2.45) is 0 Å². The quantitative estimate of drug-likeness (QED) is 0.610. The maximum absolute atomic E-state index is 12.9. The predicted octanol–water partition coefficient (Wildman–Crippen LogP) is 4.42. The van der Waals surface area contributed by atoms with Crippen LogP contribution in [0.1, 0.15) is 6.42 Å². The van der Waals surface area contributed by atoms with Gasteiger partial charge in [-0.15, -0.1) is 11.8 Å². The highest BCUT2D eigenvalue weighted by molar-refractivity contribution is 7.99. The van der Waals surface area contributed by atoms with Gasteiger partial charge in [0.1, 0.15) is 5.82 Å². The first kappa shape index (κ1) is 13.0. The normalized spacial score (nSPS) is 10.3. The molecule has 0 aliphatic heterocycles. The number of hydrogen-bond donors (Lipinski definition) is 1. The molecule has 0 bridgehead atoms. The largest absolute Gasteiger partial charge is 0.385 e. The first-order valence-electron chi connectivity index (χ1n) is 6.02. The van der Waals surface area contributed by atoms with Crippen molar-refractivity contribution in [3.63, 3.8) is 0 Å². The van der Waals surface area contributed by atoms with Crippen LogP contribution in [-0.4, -0.2) is 12.3 Å². The van der Waals surface area contributed by atoms with E-state index in [2.05, 4.69) is 17.4 Å². The molecule has 0 fully saturated rings. The molecule has 0 amide bonds. The third-order valence-corrected chi connectivity index (χ3v) is 3.57. The number of rotatable bonds is 6. The molecule has 0 atom stereocenters. The molecular weight excluding hydrogens is 245 g/mol. The Hall–Kier alpha value is -1.48. The molecule has 0 aromatic heterocycles. The number of halogens is 1. The van der Waals surface area contributed by atoms with E-state index in [9.17, 15) is 4.39 Å². The monoisotopic (exact) mass is 261 g/mol. The lowest BCUT2D eigenvalue weighted by Crippen LogP contribution is -2.02. The van der Waals surface area contributed by atoms with Gasteiger partial charge >= 0.3 is 0 Å². The average Bonchev–Trinajstić information content (AvgIpc) is 2.40. The fourth-order valence-corrected chi connectivity index (χ4v) is 2.50. The summed E-state index contributed by atoms with van der Waals surface area (Å²) in [4.78, 5) is 0.995. The highest BCUT2D eigenvalue weighted by atomic mass is 32.2. The van der Waals surface area contributed by atoms with E-state index in [1.54, 1.807) is 23.9 Å². The standard InChI is InChI=1S/C15H16FNS/c16-13-6-4-9-15(12-13)18-11-5-10-17-14-7-2-1-3-8-14/h1-4,6-9,12,17H,5,10-11H2. The second kappa shape index (κ2) is 7.07. The third kappa shape index (κ3) is 4.41. The van der Waals surface area contributed by atoms with Crippen LogP contribution in [-0.2, 0) is 0 Å². The Balaban J connectivity index is 1.65. The third-order valence-electron chi connectivity index (χ3n) is 2.49. The van der Waals surface area contributed by atoms with Gasteiger partial charge in [0.05, 0.1) is 0 Å². The Bertz CT molecular complexity index is 473. The second-order valence-electron chi connectivity index (χ2n) is 3.95. The first-order chi connectivity index (χ1) is 8.84. The van der Waals surface area contributed by atoms with Crippen molar-refractivity contribution < 1.29 is 4.39 Å². The van der Waals surface area contributed by atoms with Gasteiger partial charge in [0.2, 0.25) is 0 Å². The Morgan fingerprint density at radius 3 is 2.61 bits per heavy atom. The fourth-order valence-electron chi connectivity index (χ4n) is 1.61. The molecule has 1 N–H and O–H groups in total. The van der Waals surface area contributed by atoms with E-state index in [4.69, 9.17) is 0 Å². The smallest absolute Gasteiger partial charge is 0.124 e. The summed E-state index contributed by atoms with van der Waals surface area (Å²) in [6, 6.07) is 16.9. The summed E-state index contributed by atoms with van der Waals surface area (Å²) in [5.41, 5.74) is 1.15. The van der Waals surface area contributed by atoms with Gasteiger partial charge in [-0.1, -0.05) is 24.3 Å². The Kier molecular flexibility index (Phi) is 5.09. The zero-order valence-electron chi connectivity index (χ0n) is 10.1. The number of anilines is 1. The van der Waals surface area contributed by atoms with Crippen molar-refractivity contribution >= 4 is 17.4 Å². The molecule has 0 spiro atoms. The summed E-state index contributed by atoms with van der Waals surface area (Å²) in [5.74, 6) is 0.825. The van der Waals surface area contributed by atoms with Crippen LogP contribution >= 0.6 is 11.8 Å². The molecule has 94 valence electrons. The summed E-state index contributed by atoms with van der Waals surface area (Å²) in [7, 11) is 0. The topological polar surface area (TPSA) is 12.0 Å². The van der Waals surface area contributed by atoms with E-state index in [1.807, 2.05) is 24.3 Å². The molecule has 0 saturated heterocycles. The lowest BCUT2D eigenvalue weighted by atomic mass is 10.3. The van der Waals surface area contributed by atoms with Gasteiger partial charge in [0.25, 0.3) is 0 Å². The molecule has 0 unspecified atom stereocenters. The Morgan fingerprint density at radius 2 is 1.83 bits per heavy atom. The zero-order valence-corrected chi connectivity index (χ0v) is 10.9. The van der Waals surface area contributed by atoms with E-state index in [-0.39, 0.29) is 5.82 Å². The van der Waals surface area contributed by atoms with Gasteiger partial charge in [-0.2, -0.15) is 0 Å². The van der Waals surface area contributed by atoms with Gasteiger partial charge in [0, 0.05) is 17.1 Å². The maximum Gasteiger partial charge on any atom is 0.124 e. The minimum absolute atomic E-state index is 0.164. The van der Waals surface area contributed by atoms with Crippen molar-refractivity contribution in [1.82, 2.24) is 0 Å². The van der Waals surface area contributed by atoms with Gasteiger partial charge < -0.3 is 5.32 Å². The zero-order chi connectivity index (χ0) is 12.6. The van der Waals surface area contributed by atoms with Gasteiger partial charge in [-0.25, -0.2) is 4.39 Å². The van der Waals surface area contributed by atoms with Gasteiger partial charge in [0.15, 0.2) is 0 Å². The van der Waals surface area contributed by atoms with Gasteiger partial charge in [-0.3, -0.25) is 0 Å². The Morgan fingerprint density at radius 1 is 1.00 bits per heavy atom. The molecule has 2 rings (SSSR count). The summed E-state index contributed by atoms with van der Waals surface area (Å²) >= 11 is 1.69. The molecule has 0 aliphatic rings. The van der Waals surface area contributed by atoms with E-state index in [0.717, 1.165) is 29.3 Å². The lowest BCUT2D eigenvalue weighted by Gasteiger charge is -2.05. The van der Waals surface area contributed by atoms with Crippen LogP contribution in [0.25, 0.3) is 0 Å². The van der Waals surface area contributed by atoms with Crippen molar-refractivity contribution in [3.8, 4) is 0 Å². The number of hydrogen-bond acceptors (Lipinski definition) is 2. The minimum Gasteiger partial charge on any atom is -0.385 e. The molecule has 2 aromatic rings. The van der Waals surface area contributed by atoms with Crippen LogP contribution in [0, 0.1) is 5.82 Å². The Labute approximate surface area is 111 Å². The highest BCUT2D eigenvalue weighted by Gasteiger charge is 1.96. The molecule has 18 heavy (non-hydrogen) atoms. The second-order valence-corrected chi connectivity index (χ2v) is 5.12. The lowest BCUT2D eigenvalue weighted by molar-refractivity contribution is 0.624. The van der Waals surface area contributed by atoms with Crippen molar-refractivity contribution in [2.45, 2.75) is 11.3 Å². The van der Waals surface area contributed by atoms with E-state index >= 15 is 0 Å². The first-order valence-corrected chi connectivity index (χ1v) is 7.00. The van der Waals surface area contributed by atoms with Crippen LogP contribution in [0.5, 0.6) is 0 Å². The summed E-state index contributed by atoms with van der Waals surface area (Å²) in [5, 5.41) is 3.35. The molecule has 0 saturated carbocycles. The molecular formula is C15H16FNS. The molecule has 2 aromatic carbocycles. The van der Waals surface area contributed by atoms with Crippen molar-refractivity contribution in [3.05, 3.63) is 60.4 Å². The van der Waals surface area contributed by atoms with E-state index < -0.39 is 0 Å². The van der Waals surface area contributed by atoms with Crippen LogP contribution < -0.4 is 5.32 Å².